The number of anilines is 1. The van der Waals surface area contributed by atoms with Crippen LogP contribution in [0, 0.1) is 0 Å². The van der Waals surface area contributed by atoms with Crippen molar-refractivity contribution in [3.05, 3.63) is 65.0 Å². The van der Waals surface area contributed by atoms with Crippen LogP contribution in [0.5, 0.6) is 0 Å². The zero-order valence-corrected chi connectivity index (χ0v) is 22.6. The van der Waals surface area contributed by atoms with E-state index in [1.807, 2.05) is 24.3 Å². The number of rotatable bonds is 15. The average molecular weight is 524 g/mol. The van der Waals surface area contributed by atoms with Crippen LogP contribution in [0.15, 0.2) is 53.9 Å². The molecule has 2 atom stereocenters. The van der Waals surface area contributed by atoms with Gasteiger partial charge in [0.25, 0.3) is 0 Å². The predicted molar refractivity (Wildman–Crippen MR) is 148 cm³/mol. The highest BCUT2D eigenvalue weighted by Crippen LogP contribution is 2.50. The van der Waals surface area contributed by atoms with Crippen molar-refractivity contribution < 1.29 is 24.2 Å². The molecule has 8 heteroatoms. The van der Waals surface area contributed by atoms with Gasteiger partial charge in [-0.25, -0.2) is 0 Å². The lowest BCUT2D eigenvalue weighted by molar-refractivity contribution is -0.143. The lowest BCUT2D eigenvalue weighted by Crippen LogP contribution is -2.24. The number of carbonyl (C=O) groups is 3. The Bertz CT molecular complexity index is 1090. The molecule has 1 aromatic rings. The summed E-state index contributed by atoms with van der Waals surface area (Å²) in [6, 6.07) is 5.99. The molecule has 2 unspecified atom stereocenters. The minimum absolute atomic E-state index is 0.00481. The Kier molecular flexibility index (Phi) is 11.1. The molecule has 0 spiro atoms. The van der Waals surface area contributed by atoms with Gasteiger partial charge in [-0.05, 0) is 60.6 Å². The van der Waals surface area contributed by atoms with Crippen LogP contribution >= 0.6 is 0 Å². The van der Waals surface area contributed by atoms with Crippen molar-refractivity contribution >= 4 is 23.5 Å². The molecular formula is C30H41N3O5. The summed E-state index contributed by atoms with van der Waals surface area (Å²) < 4.78 is 5.57. The molecule has 206 valence electrons. The van der Waals surface area contributed by atoms with Crippen LogP contribution in [-0.4, -0.2) is 42.6 Å². The Balaban J connectivity index is 1.71. The van der Waals surface area contributed by atoms with E-state index in [0.29, 0.717) is 38.6 Å². The summed E-state index contributed by atoms with van der Waals surface area (Å²) in [4.78, 5) is 36.9. The molecule has 1 aromatic carbocycles. The predicted octanol–water partition coefficient (Wildman–Crippen LogP) is 4.55. The number of nitrogens with one attached hydrogen (secondary N) is 3. The quantitative estimate of drug-likeness (QED) is 0.251. The summed E-state index contributed by atoms with van der Waals surface area (Å²) in [6.45, 7) is 8.45. The fraction of sp³-hybridized carbons (Fsp3) is 0.500. The van der Waals surface area contributed by atoms with Crippen LogP contribution in [-0.2, 0) is 19.1 Å². The van der Waals surface area contributed by atoms with E-state index in [4.69, 9.17) is 9.84 Å². The van der Waals surface area contributed by atoms with E-state index >= 15 is 0 Å². The number of aliphatic hydroxyl groups is 1. The standard InChI is InChI=1S/C30H41N3O5/c1-4-6-9-28(35)32-21-11-13-23-24-14-12-22(33-29(36)10-7-8-20(3)31-15-16-34)18-26(24)27(25(23)17-21)19-38-30(37)5-2/h11-13,17-18,24,27,31,34H,3-10,14-16,19H2,1-2H3,(H,32,35)(H,33,36). The number of hydrogen-bond acceptors (Lipinski definition) is 6. The van der Waals surface area contributed by atoms with E-state index in [2.05, 4.69) is 35.5 Å². The van der Waals surface area contributed by atoms with Crippen molar-refractivity contribution in [3.8, 4) is 0 Å². The van der Waals surface area contributed by atoms with E-state index < -0.39 is 0 Å². The maximum absolute atomic E-state index is 12.6. The molecule has 0 fully saturated rings. The zero-order valence-electron chi connectivity index (χ0n) is 22.6. The van der Waals surface area contributed by atoms with E-state index in [0.717, 1.165) is 53.0 Å². The van der Waals surface area contributed by atoms with Crippen molar-refractivity contribution in [2.24, 2.45) is 0 Å². The molecule has 0 aliphatic heterocycles. The summed E-state index contributed by atoms with van der Waals surface area (Å²) >= 11 is 0. The molecule has 38 heavy (non-hydrogen) atoms. The minimum atomic E-state index is -0.255. The van der Waals surface area contributed by atoms with Gasteiger partial charge in [-0.2, -0.15) is 0 Å². The third-order valence-corrected chi connectivity index (χ3v) is 6.93. The number of aliphatic hydroxyl groups excluding tert-OH is 1. The lowest BCUT2D eigenvalue weighted by Gasteiger charge is -2.22. The summed E-state index contributed by atoms with van der Waals surface area (Å²) in [7, 11) is 0. The number of unbranched alkanes of at least 4 members (excludes halogenated alkanes) is 1. The van der Waals surface area contributed by atoms with E-state index in [1.54, 1.807) is 6.92 Å². The minimum Gasteiger partial charge on any atom is -0.465 e. The van der Waals surface area contributed by atoms with Gasteiger partial charge in [0.2, 0.25) is 11.8 Å². The molecule has 0 aromatic heterocycles. The number of hydrogen-bond donors (Lipinski definition) is 4. The fourth-order valence-corrected chi connectivity index (χ4v) is 4.94. The highest BCUT2D eigenvalue weighted by atomic mass is 16.5. The highest BCUT2D eigenvalue weighted by Gasteiger charge is 2.37. The van der Waals surface area contributed by atoms with Crippen LogP contribution in [0.1, 0.15) is 88.2 Å². The van der Waals surface area contributed by atoms with Crippen molar-refractivity contribution in [1.82, 2.24) is 10.6 Å². The SMILES string of the molecule is C=C(CCCC(=O)NC1=CCC2C(=C1)C(COC(=O)CC)c1cc(NC(=O)CCCC)ccc12)NCCO. The smallest absolute Gasteiger partial charge is 0.305 e. The third-order valence-electron chi connectivity index (χ3n) is 6.93. The topological polar surface area (TPSA) is 117 Å². The molecular weight excluding hydrogens is 482 g/mol. The zero-order chi connectivity index (χ0) is 27.5. The molecule has 8 nitrogen and oxygen atoms in total. The molecule has 0 bridgehead atoms. The Morgan fingerprint density at radius 3 is 2.55 bits per heavy atom. The Hall–Kier alpha value is -3.39. The second-order valence-corrected chi connectivity index (χ2v) is 9.83. The molecule has 0 radical (unpaired) electrons. The number of benzene rings is 1. The highest BCUT2D eigenvalue weighted by molar-refractivity contribution is 5.91. The van der Waals surface area contributed by atoms with Crippen LogP contribution in [0.25, 0.3) is 0 Å². The van der Waals surface area contributed by atoms with Gasteiger partial charge in [0.15, 0.2) is 0 Å². The first-order valence-corrected chi connectivity index (χ1v) is 13.7. The number of allylic oxidation sites excluding steroid dienone is 3. The Morgan fingerprint density at radius 2 is 1.82 bits per heavy atom. The van der Waals surface area contributed by atoms with Gasteiger partial charge in [0.1, 0.15) is 6.61 Å². The van der Waals surface area contributed by atoms with E-state index in [-0.39, 0.29) is 42.8 Å². The van der Waals surface area contributed by atoms with Crippen LogP contribution in [0.3, 0.4) is 0 Å². The first kappa shape index (κ1) is 29.2. The number of esters is 1. The molecule has 2 aliphatic rings. The maximum atomic E-state index is 12.6. The number of carbonyl (C=O) groups excluding carboxylic acids is 3. The van der Waals surface area contributed by atoms with Crippen LogP contribution < -0.4 is 16.0 Å². The van der Waals surface area contributed by atoms with Crippen molar-refractivity contribution in [1.29, 1.82) is 0 Å². The van der Waals surface area contributed by atoms with Gasteiger partial charge in [0.05, 0.1) is 6.61 Å². The Labute approximate surface area is 225 Å². The summed E-state index contributed by atoms with van der Waals surface area (Å²) in [6.07, 6.45) is 9.06. The monoisotopic (exact) mass is 523 g/mol. The van der Waals surface area contributed by atoms with Gasteiger partial charge in [-0.3, -0.25) is 14.4 Å². The van der Waals surface area contributed by atoms with E-state index in [1.165, 1.54) is 0 Å². The second kappa shape index (κ2) is 14.5. The molecule has 0 heterocycles. The van der Waals surface area contributed by atoms with E-state index in [9.17, 15) is 14.4 Å². The third kappa shape index (κ3) is 8.05. The van der Waals surface area contributed by atoms with Crippen LogP contribution in [0.4, 0.5) is 5.69 Å². The molecule has 3 rings (SSSR count). The molecule has 4 N–H and O–H groups in total. The van der Waals surface area contributed by atoms with Gasteiger partial charge in [-0.1, -0.05) is 39.0 Å². The van der Waals surface area contributed by atoms with Gasteiger partial charge in [0, 0.05) is 54.7 Å². The van der Waals surface area contributed by atoms with Gasteiger partial charge < -0.3 is 25.8 Å². The molecule has 0 saturated carbocycles. The van der Waals surface area contributed by atoms with Gasteiger partial charge in [-0.15, -0.1) is 0 Å². The molecule has 2 amide bonds. The Morgan fingerprint density at radius 1 is 1.05 bits per heavy atom. The average Bonchev–Trinajstić information content (AvgIpc) is 3.21. The second-order valence-electron chi connectivity index (χ2n) is 9.83. The maximum Gasteiger partial charge on any atom is 0.305 e. The summed E-state index contributed by atoms with van der Waals surface area (Å²) in [5.41, 5.74) is 5.63. The van der Waals surface area contributed by atoms with Crippen molar-refractivity contribution in [3.63, 3.8) is 0 Å². The number of amides is 2. The molecule has 2 aliphatic carbocycles. The first-order chi connectivity index (χ1) is 18.4. The van der Waals surface area contributed by atoms with Gasteiger partial charge >= 0.3 is 5.97 Å². The van der Waals surface area contributed by atoms with Crippen LogP contribution in [0.2, 0.25) is 0 Å². The number of ether oxygens (including phenoxy) is 1. The molecule has 0 saturated heterocycles. The summed E-state index contributed by atoms with van der Waals surface area (Å²) in [5.74, 6) is -0.325. The summed E-state index contributed by atoms with van der Waals surface area (Å²) in [5, 5.41) is 17.9. The van der Waals surface area contributed by atoms with Crippen molar-refractivity contribution in [2.75, 3.05) is 25.1 Å². The largest absolute Gasteiger partial charge is 0.465 e. The number of fused-ring (bicyclic) bond motifs is 3. The first-order valence-electron chi connectivity index (χ1n) is 13.7. The normalized spacial score (nSPS) is 17.4. The lowest BCUT2D eigenvalue weighted by atomic mass is 9.87. The fourth-order valence-electron chi connectivity index (χ4n) is 4.94. The van der Waals surface area contributed by atoms with Crippen molar-refractivity contribution in [2.45, 2.75) is 77.0 Å².